The summed E-state index contributed by atoms with van der Waals surface area (Å²) < 4.78 is 5.01. The van der Waals surface area contributed by atoms with Gasteiger partial charge < -0.3 is 19.8 Å². The molecule has 140 valence electrons. The average molecular weight is 362 g/mol. The third kappa shape index (κ3) is 8.89. The van der Waals surface area contributed by atoms with Gasteiger partial charge in [-0.25, -0.2) is 4.79 Å². The van der Waals surface area contributed by atoms with Gasteiger partial charge in [-0.1, -0.05) is 26.2 Å². The minimum absolute atomic E-state index is 0.160. The van der Waals surface area contributed by atoms with Crippen molar-refractivity contribution in [3.63, 3.8) is 0 Å². The summed E-state index contributed by atoms with van der Waals surface area (Å²) in [5.41, 5.74) is 0. The summed E-state index contributed by atoms with van der Waals surface area (Å²) in [7, 11) is 0. The molecule has 1 amide bonds. The number of carbonyl (C=O) groups excluding carboxylic acids is 1. The number of unbranched alkanes of at least 4 members (excludes halogenated alkanes) is 3. The Hall–Kier alpha value is -0.790. The SMILES string of the molecule is CCCCCC(O)CCN1C(=O)CSC1CCCCOCC(=O)O. The number of carbonyl (C=O) groups is 2. The average Bonchev–Trinajstić information content (AvgIpc) is 2.89. The largest absolute Gasteiger partial charge is 0.480 e. The molecule has 2 N–H and O–H groups in total. The van der Waals surface area contributed by atoms with Crippen LogP contribution >= 0.6 is 11.8 Å². The summed E-state index contributed by atoms with van der Waals surface area (Å²) in [4.78, 5) is 24.2. The molecule has 0 aromatic carbocycles. The molecule has 0 saturated carbocycles. The van der Waals surface area contributed by atoms with Crippen molar-refractivity contribution in [1.29, 1.82) is 0 Å². The van der Waals surface area contributed by atoms with E-state index in [1.54, 1.807) is 11.8 Å². The highest BCUT2D eigenvalue weighted by Crippen LogP contribution is 2.29. The van der Waals surface area contributed by atoms with Crippen LogP contribution in [0, 0.1) is 0 Å². The molecule has 0 aromatic rings. The molecule has 1 aliphatic heterocycles. The molecular formula is C17H31NO5S. The Kier molecular flexibility index (Phi) is 11.1. The van der Waals surface area contributed by atoms with Crippen LogP contribution < -0.4 is 0 Å². The molecule has 2 unspecified atom stereocenters. The minimum atomic E-state index is -0.949. The lowest BCUT2D eigenvalue weighted by Gasteiger charge is -2.25. The molecule has 24 heavy (non-hydrogen) atoms. The van der Waals surface area contributed by atoms with Crippen molar-refractivity contribution in [1.82, 2.24) is 4.90 Å². The lowest BCUT2D eigenvalue weighted by atomic mass is 10.1. The standard InChI is InChI=1S/C17H31NO5S/c1-2-3-4-7-14(19)9-10-18-15(20)13-24-16(18)8-5-6-11-23-12-17(21)22/h14,16,19H,2-13H2,1H3,(H,21,22). The van der Waals surface area contributed by atoms with Crippen LogP contribution in [0.1, 0.15) is 58.3 Å². The molecule has 1 rings (SSSR count). The number of thioether (sulfide) groups is 1. The fraction of sp³-hybridized carbons (Fsp3) is 0.882. The van der Waals surface area contributed by atoms with Gasteiger partial charge in [-0.15, -0.1) is 11.8 Å². The second kappa shape index (κ2) is 12.6. The molecule has 0 bridgehead atoms. The first-order chi connectivity index (χ1) is 11.5. The number of amides is 1. The predicted octanol–water partition coefficient (Wildman–Crippen LogP) is 2.49. The normalized spacial score (nSPS) is 19.0. The maximum Gasteiger partial charge on any atom is 0.329 e. The fourth-order valence-electron chi connectivity index (χ4n) is 2.75. The monoisotopic (exact) mass is 361 g/mol. The number of ether oxygens (including phenoxy) is 1. The summed E-state index contributed by atoms with van der Waals surface area (Å²) in [6.07, 6.45) is 7.06. The number of rotatable bonds is 14. The lowest BCUT2D eigenvalue weighted by molar-refractivity contribution is -0.142. The molecule has 0 radical (unpaired) electrons. The summed E-state index contributed by atoms with van der Waals surface area (Å²) >= 11 is 1.66. The van der Waals surface area contributed by atoms with Crippen molar-refractivity contribution >= 4 is 23.6 Å². The summed E-state index contributed by atoms with van der Waals surface area (Å²) in [5, 5.41) is 18.7. The highest BCUT2D eigenvalue weighted by molar-refractivity contribution is 8.00. The molecule has 1 heterocycles. The summed E-state index contributed by atoms with van der Waals surface area (Å²) in [5.74, 6) is -0.268. The second-order valence-corrected chi connectivity index (χ2v) is 7.40. The Morgan fingerprint density at radius 3 is 2.83 bits per heavy atom. The van der Waals surface area contributed by atoms with Crippen LogP contribution in [0.3, 0.4) is 0 Å². The van der Waals surface area contributed by atoms with Crippen LogP contribution in [0.5, 0.6) is 0 Å². The smallest absolute Gasteiger partial charge is 0.329 e. The van der Waals surface area contributed by atoms with Gasteiger partial charge in [-0.05, 0) is 32.1 Å². The van der Waals surface area contributed by atoms with E-state index in [2.05, 4.69) is 6.92 Å². The zero-order chi connectivity index (χ0) is 17.8. The van der Waals surface area contributed by atoms with Crippen LogP contribution in [-0.2, 0) is 14.3 Å². The molecule has 0 aromatic heterocycles. The second-order valence-electron chi connectivity index (χ2n) is 6.23. The number of hydrogen-bond donors (Lipinski definition) is 2. The summed E-state index contributed by atoms with van der Waals surface area (Å²) in [6, 6.07) is 0. The van der Waals surface area contributed by atoms with E-state index in [0.29, 0.717) is 25.3 Å². The van der Waals surface area contributed by atoms with E-state index in [1.165, 1.54) is 0 Å². The molecule has 2 atom stereocenters. The van der Waals surface area contributed by atoms with Gasteiger partial charge in [-0.3, -0.25) is 4.79 Å². The number of carboxylic acid groups (broad SMARTS) is 1. The molecule has 1 aliphatic rings. The first kappa shape index (κ1) is 21.3. The lowest BCUT2D eigenvalue weighted by Crippen LogP contribution is -2.35. The highest BCUT2D eigenvalue weighted by atomic mass is 32.2. The molecule has 0 aliphatic carbocycles. The predicted molar refractivity (Wildman–Crippen MR) is 95.0 cm³/mol. The number of carboxylic acids is 1. The molecule has 0 spiro atoms. The van der Waals surface area contributed by atoms with Crippen molar-refractivity contribution in [3.8, 4) is 0 Å². The van der Waals surface area contributed by atoms with Gasteiger partial charge in [0.25, 0.3) is 0 Å². The Morgan fingerprint density at radius 1 is 1.33 bits per heavy atom. The number of hydrogen-bond acceptors (Lipinski definition) is 5. The number of aliphatic hydroxyl groups excluding tert-OH is 1. The zero-order valence-corrected chi connectivity index (χ0v) is 15.4. The third-order valence-electron chi connectivity index (χ3n) is 4.13. The van der Waals surface area contributed by atoms with E-state index >= 15 is 0 Å². The number of nitrogens with zero attached hydrogens (tertiary/aromatic N) is 1. The van der Waals surface area contributed by atoms with Gasteiger partial charge in [0.1, 0.15) is 6.61 Å². The van der Waals surface area contributed by atoms with Crippen LogP contribution in [0.25, 0.3) is 0 Å². The molecule has 7 heteroatoms. The van der Waals surface area contributed by atoms with Crippen LogP contribution in [0.4, 0.5) is 0 Å². The van der Waals surface area contributed by atoms with E-state index in [-0.39, 0.29) is 24.0 Å². The quantitative estimate of drug-likeness (QED) is 0.462. The Morgan fingerprint density at radius 2 is 2.12 bits per heavy atom. The van der Waals surface area contributed by atoms with E-state index in [0.717, 1.165) is 44.9 Å². The first-order valence-electron chi connectivity index (χ1n) is 8.93. The highest BCUT2D eigenvalue weighted by Gasteiger charge is 2.30. The number of aliphatic carboxylic acids is 1. The first-order valence-corrected chi connectivity index (χ1v) is 9.98. The fourth-order valence-corrected chi connectivity index (χ4v) is 3.99. The minimum Gasteiger partial charge on any atom is -0.480 e. The Balaban J connectivity index is 2.19. The molecule has 1 saturated heterocycles. The Labute approximate surface area is 148 Å². The molecule has 1 fully saturated rings. The van der Waals surface area contributed by atoms with Gasteiger partial charge in [-0.2, -0.15) is 0 Å². The van der Waals surface area contributed by atoms with Gasteiger partial charge >= 0.3 is 5.97 Å². The van der Waals surface area contributed by atoms with Crippen LogP contribution in [0.2, 0.25) is 0 Å². The van der Waals surface area contributed by atoms with Crippen LogP contribution in [0.15, 0.2) is 0 Å². The van der Waals surface area contributed by atoms with E-state index in [1.807, 2.05) is 4.90 Å². The van der Waals surface area contributed by atoms with Crippen molar-refractivity contribution in [2.45, 2.75) is 69.8 Å². The zero-order valence-electron chi connectivity index (χ0n) is 14.6. The van der Waals surface area contributed by atoms with Gasteiger partial charge in [0.2, 0.25) is 5.91 Å². The maximum absolute atomic E-state index is 12.0. The van der Waals surface area contributed by atoms with Gasteiger partial charge in [0.15, 0.2) is 0 Å². The molecule has 6 nitrogen and oxygen atoms in total. The topological polar surface area (TPSA) is 87.1 Å². The Bertz CT molecular complexity index is 380. The van der Waals surface area contributed by atoms with E-state index in [4.69, 9.17) is 9.84 Å². The maximum atomic E-state index is 12.0. The molecular weight excluding hydrogens is 330 g/mol. The van der Waals surface area contributed by atoms with Crippen molar-refractivity contribution in [3.05, 3.63) is 0 Å². The third-order valence-corrected chi connectivity index (χ3v) is 5.42. The van der Waals surface area contributed by atoms with Crippen molar-refractivity contribution < 1.29 is 24.5 Å². The van der Waals surface area contributed by atoms with Crippen molar-refractivity contribution in [2.75, 3.05) is 25.5 Å². The van der Waals surface area contributed by atoms with Gasteiger partial charge in [0.05, 0.1) is 17.2 Å². The van der Waals surface area contributed by atoms with E-state index in [9.17, 15) is 14.7 Å². The van der Waals surface area contributed by atoms with Gasteiger partial charge in [0, 0.05) is 13.2 Å². The van der Waals surface area contributed by atoms with E-state index < -0.39 is 5.97 Å². The summed E-state index contributed by atoms with van der Waals surface area (Å²) in [6.45, 7) is 2.95. The number of aliphatic hydroxyl groups is 1. The van der Waals surface area contributed by atoms with Crippen molar-refractivity contribution in [2.24, 2.45) is 0 Å². The van der Waals surface area contributed by atoms with Crippen LogP contribution in [-0.4, -0.2) is 64.0 Å².